The summed E-state index contributed by atoms with van der Waals surface area (Å²) >= 11 is 6.24. The highest BCUT2D eigenvalue weighted by molar-refractivity contribution is 6.33. The summed E-state index contributed by atoms with van der Waals surface area (Å²) in [5.74, 6) is 1.32. The summed E-state index contributed by atoms with van der Waals surface area (Å²) in [6.07, 6.45) is 1.58. The number of hydrogen-bond acceptors (Lipinski definition) is 3. The molecule has 0 atom stereocenters. The Morgan fingerprint density at radius 1 is 1.26 bits per heavy atom. The largest absolute Gasteiger partial charge is 0.279 e. The van der Waals surface area contributed by atoms with Gasteiger partial charge in [-0.05, 0) is 25.1 Å². The van der Waals surface area contributed by atoms with Gasteiger partial charge >= 0.3 is 0 Å². The fraction of sp³-hybridized carbons (Fsp3) is 0.0714. The van der Waals surface area contributed by atoms with Crippen LogP contribution in [0.3, 0.4) is 0 Å². The maximum absolute atomic E-state index is 9.04. The van der Waals surface area contributed by atoms with E-state index in [-0.39, 0.29) is 0 Å². The van der Waals surface area contributed by atoms with E-state index in [4.69, 9.17) is 16.9 Å². The maximum Gasteiger partial charge on any atom is 0.158 e. The summed E-state index contributed by atoms with van der Waals surface area (Å²) in [7, 11) is 0. The Kier molecular flexibility index (Phi) is 2.69. The molecule has 0 aliphatic carbocycles. The van der Waals surface area contributed by atoms with Gasteiger partial charge in [0.25, 0.3) is 0 Å². The van der Waals surface area contributed by atoms with Crippen molar-refractivity contribution in [3.63, 3.8) is 0 Å². The van der Waals surface area contributed by atoms with Gasteiger partial charge in [-0.1, -0.05) is 23.7 Å². The summed E-state index contributed by atoms with van der Waals surface area (Å²) in [6, 6.07) is 11.4. The van der Waals surface area contributed by atoms with E-state index in [1.165, 1.54) is 0 Å². The van der Waals surface area contributed by atoms with E-state index >= 15 is 0 Å². The van der Waals surface area contributed by atoms with Crippen LogP contribution in [0, 0.1) is 18.3 Å². The number of nitrogens with zero attached hydrogens (tertiary/aromatic N) is 4. The molecule has 0 spiro atoms. The second-order valence-corrected chi connectivity index (χ2v) is 4.47. The van der Waals surface area contributed by atoms with Crippen molar-refractivity contribution in [1.82, 2.24) is 14.5 Å². The first-order chi connectivity index (χ1) is 9.22. The van der Waals surface area contributed by atoms with Crippen LogP contribution < -0.4 is 0 Å². The first-order valence-corrected chi connectivity index (χ1v) is 6.09. The number of imidazole rings is 1. The Balaban J connectivity index is 2.37. The Hall–Kier alpha value is -2.38. The van der Waals surface area contributed by atoms with Gasteiger partial charge in [-0.25, -0.2) is 9.97 Å². The van der Waals surface area contributed by atoms with Gasteiger partial charge in [0.1, 0.15) is 16.9 Å². The van der Waals surface area contributed by atoms with Crippen LogP contribution in [0.5, 0.6) is 0 Å². The molecule has 0 bridgehead atoms. The third kappa shape index (κ3) is 1.76. The van der Waals surface area contributed by atoms with Crippen LogP contribution >= 0.6 is 11.6 Å². The molecule has 0 saturated carbocycles. The summed E-state index contributed by atoms with van der Waals surface area (Å²) in [5.41, 5.74) is 2.20. The van der Waals surface area contributed by atoms with E-state index < -0.39 is 0 Å². The van der Waals surface area contributed by atoms with Crippen molar-refractivity contribution in [2.45, 2.75) is 6.92 Å². The van der Waals surface area contributed by atoms with E-state index in [1.807, 2.05) is 35.8 Å². The van der Waals surface area contributed by atoms with Gasteiger partial charge < -0.3 is 0 Å². The molecule has 0 unspecified atom stereocenters. The SMILES string of the molecule is Cc1nc2ccccc2n1-c1nccc(C#N)c1Cl. The Morgan fingerprint density at radius 2 is 2.05 bits per heavy atom. The normalized spacial score (nSPS) is 10.6. The van der Waals surface area contributed by atoms with Crippen molar-refractivity contribution in [2.24, 2.45) is 0 Å². The summed E-state index contributed by atoms with van der Waals surface area (Å²) in [5, 5.41) is 9.38. The number of nitriles is 1. The fourth-order valence-electron chi connectivity index (χ4n) is 2.09. The van der Waals surface area contributed by atoms with E-state index in [0.717, 1.165) is 16.9 Å². The summed E-state index contributed by atoms with van der Waals surface area (Å²) in [6.45, 7) is 1.89. The molecule has 0 aliphatic rings. The lowest BCUT2D eigenvalue weighted by molar-refractivity contribution is 0.956. The first kappa shape index (κ1) is 11.7. The Bertz CT molecular complexity index is 814. The number of halogens is 1. The van der Waals surface area contributed by atoms with Crippen LogP contribution in [0.2, 0.25) is 5.02 Å². The number of hydrogen-bond donors (Lipinski definition) is 0. The molecule has 0 N–H and O–H groups in total. The molecular weight excluding hydrogens is 260 g/mol. The first-order valence-electron chi connectivity index (χ1n) is 5.71. The number of rotatable bonds is 1. The number of fused-ring (bicyclic) bond motifs is 1. The number of para-hydroxylation sites is 2. The lowest BCUT2D eigenvalue weighted by Crippen LogP contribution is -2.01. The molecule has 5 heteroatoms. The molecule has 3 aromatic rings. The van der Waals surface area contributed by atoms with Gasteiger partial charge in [-0.2, -0.15) is 5.26 Å². The third-order valence-corrected chi connectivity index (χ3v) is 3.30. The number of aryl methyl sites for hydroxylation is 1. The van der Waals surface area contributed by atoms with Crippen molar-refractivity contribution in [1.29, 1.82) is 5.26 Å². The second kappa shape index (κ2) is 4.38. The molecular formula is C14H9ClN4. The molecule has 0 aliphatic heterocycles. The molecule has 2 heterocycles. The van der Waals surface area contributed by atoms with E-state index in [0.29, 0.717) is 16.4 Å². The monoisotopic (exact) mass is 268 g/mol. The van der Waals surface area contributed by atoms with Gasteiger partial charge in [0, 0.05) is 6.20 Å². The minimum Gasteiger partial charge on any atom is -0.279 e. The van der Waals surface area contributed by atoms with Gasteiger partial charge in [-0.15, -0.1) is 0 Å². The van der Waals surface area contributed by atoms with Crippen LogP contribution in [0.15, 0.2) is 36.5 Å². The molecule has 3 rings (SSSR count). The topological polar surface area (TPSA) is 54.5 Å². The van der Waals surface area contributed by atoms with Crippen LogP contribution in [0.1, 0.15) is 11.4 Å². The maximum atomic E-state index is 9.04. The summed E-state index contributed by atoms with van der Waals surface area (Å²) in [4.78, 5) is 8.75. The lowest BCUT2D eigenvalue weighted by Gasteiger charge is -2.08. The van der Waals surface area contributed by atoms with E-state index in [9.17, 15) is 0 Å². The highest BCUT2D eigenvalue weighted by atomic mass is 35.5. The van der Waals surface area contributed by atoms with Gasteiger partial charge in [-0.3, -0.25) is 4.57 Å². The molecule has 92 valence electrons. The van der Waals surface area contributed by atoms with Crippen molar-refractivity contribution < 1.29 is 0 Å². The zero-order chi connectivity index (χ0) is 13.4. The van der Waals surface area contributed by atoms with Crippen LogP contribution in [-0.2, 0) is 0 Å². The zero-order valence-electron chi connectivity index (χ0n) is 10.1. The van der Waals surface area contributed by atoms with Crippen molar-refractivity contribution in [3.05, 3.63) is 52.9 Å². The van der Waals surface area contributed by atoms with Gasteiger partial charge in [0.05, 0.1) is 16.6 Å². The molecule has 0 radical (unpaired) electrons. The minimum atomic E-state index is 0.344. The quantitative estimate of drug-likeness (QED) is 0.681. The van der Waals surface area contributed by atoms with Crippen LogP contribution in [0.4, 0.5) is 0 Å². The average Bonchev–Trinajstić information content (AvgIpc) is 2.75. The van der Waals surface area contributed by atoms with Crippen molar-refractivity contribution >= 4 is 22.6 Å². The average molecular weight is 269 g/mol. The van der Waals surface area contributed by atoms with Gasteiger partial charge in [0.2, 0.25) is 0 Å². The van der Waals surface area contributed by atoms with E-state index in [2.05, 4.69) is 16.0 Å². The molecule has 19 heavy (non-hydrogen) atoms. The fourth-order valence-corrected chi connectivity index (χ4v) is 2.33. The number of benzene rings is 1. The molecule has 0 saturated heterocycles. The highest BCUT2D eigenvalue weighted by Crippen LogP contribution is 2.26. The summed E-state index contributed by atoms with van der Waals surface area (Å²) < 4.78 is 1.86. The predicted octanol–water partition coefficient (Wildman–Crippen LogP) is 3.25. The van der Waals surface area contributed by atoms with Crippen LogP contribution in [-0.4, -0.2) is 14.5 Å². The van der Waals surface area contributed by atoms with E-state index in [1.54, 1.807) is 12.3 Å². The third-order valence-electron chi connectivity index (χ3n) is 2.93. The van der Waals surface area contributed by atoms with Crippen LogP contribution in [0.25, 0.3) is 16.9 Å². The highest BCUT2D eigenvalue weighted by Gasteiger charge is 2.14. The molecule has 0 amide bonds. The number of aromatic nitrogens is 3. The zero-order valence-corrected chi connectivity index (χ0v) is 10.9. The molecule has 1 aromatic carbocycles. The van der Waals surface area contributed by atoms with Crippen molar-refractivity contribution in [3.8, 4) is 11.9 Å². The molecule has 2 aromatic heterocycles. The molecule has 4 nitrogen and oxygen atoms in total. The minimum absolute atomic E-state index is 0.344. The Labute approximate surface area is 114 Å². The second-order valence-electron chi connectivity index (χ2n) is 4.09. The molecule has 0 fully saturated rings. The Morgan fingerprint density at radius 3 is 2.84 bits per heavy atom. The predicted molar refractivity (Wildman–Crippen MR) is 73.3 cm³/mol. The number of pyridine rings is 1. The lowest BCUT2D eigenvalue weighted by atomic mass is 10.2. The van der Waals surface area contributed by atoms with Crippen molar-refractivity contribution in [2.75, 3.05) is 0 Å². The smallest absolute Gasteiger partial charge is 0.158 e. The van der Waals surface area contributed by atoms with Gasteiger partial charge in [0.15, 0.2) is 5.82 Å². The standard InChI is InChI=1S/C14H9ClN4/c1-9-18-11-4-2-3-5-12(11)19(9)14-13(15)10(8-16)6-7-17-14/h2-7H,1H3.